The van der Waals surface area contributed by atoms with Gasteiger partial charge in [0.15, 0.2) is 0 Å². The molecular weight excluding hydrogens is 536 g/mol. The number of allylic oxidation sites excluding steroid dienone is 5. The van der Waals surface area contributed by atoms with E-state index in [-0.39, 0.29) is 24.0 Å². The van der Waals surface area contributed by atoms with E-state index in [4.69, 9.17) is 9.47 Å². The molecule has 2 bridgehead atoms. The molecule has 1 aliphatic heterocycles. The molecule has 4 N–H and O–H groups in total. The number of phenols is 1. The highest BCUT2D eigenvalue weighted by molar-refractivity contribution is 5.91. The van der Waals surface area contributed by atoms with Gasteiger partial charge >= 0.3 is 5.97 Å². The molecule has 1 aromatic carbocycles. The minimum atomic E-state index is -0.876. The number of nitrogens with one attached hydrogen (secondary N) is 2. The van der Waals surface area contributed by atoms with Gasteiger partial charge in [-0.05, 0) is 56.4 Å². The zero-order chi connectivity index (χ0) is 31.1. The predicted molar refractivity (Wildman–Crippen MR) is 164 cm³/mol. The van der Waals surface area contributed by atoms with E-state index in [0.717, 1.165) is 11.1 Å². The van der Waals surface area contributed by atoms with Crippen LogP contribution in [-0.2, 0) is 30.3 Å². The number of phenolic OH excluding ortho intramolecular Hbond substituents is 1. The van der Waals surface area contributed by atoms with Gasteiger partial charge in [-0.2, -0.15) is 0 Å². The van der Waals surface area contributed by atoms with Crippen LogP contribution in [0.25, 0.3) is 0 Å². The number of aryl methyl sites for hydroxylation is 1. The van der Waals surface area contributed by atoms with Gasteiger partial charge in [0.05, 0.1) is 18.6 Å². The molecule has 42 heavy (non-hydrogen) atoms. The van der Waals surface area contributed by atoms with E-state index >= 15 is 0 Å². The van der Waals surface area contributed by atoms with Crippen molar-refractivity contribution in [2.24, 2.45) is 5.92 Å². The van der Waals surface area contributed by atoms with Crippen LogP contribution in [0.5, 0.6) is 5.75 Å². The van der Waals surface area contributed by atoms with Crippen molar-refractivity contribution in [1.29, 1.82) is 0 Å². The average molecular weight is 583 g/mol. The molecule has 1 aliphatic rings. The molecule has 0 aliphatic carbocycles. The second-order valence-electron chi connectivity index (χ2n) is 10.7. The maximum atomic E-state index is 12.9. The highest BCUT2D eigenvalue weighted by Crippen LogP contribution is 2.24. The van der Waals surface area contributed by atoms with Crippen LogP contribution in [0.1, 0.15) is 65.4 Å². The number of methoxy groups -OCH3 is 1. The van der Waals surface area contributed by atoms with Crippen molar-refractivity contribution < 1.29 is 34.1 Å². The maximum absolute atomic E-state index is 12.9. The maximum Gasteiger partial charge on any atom is 0.328 e. The summed E-state index contributed by atoms with van der Waals surface area (Å²) in [7, 11) is 1.53. The molecular formula is C33H46N2O7. The summed E-state index contributed by atoms with van der Waals surface area (Å²) < 4.78 is 11.2. The van der Waals surface area contributed by atoms with Crippen LogP contribution in [0, 0.1) is 5.92 Å². The van der Waals surface area contributed by atoms with Crippen LogP contribution in [0.15, 0.2) is 66.3 Å². The standard InChI is InChI=1S/C33H46N2O7/c1-6-13-30(37)34-24(4)33(40)42-29-17-11-9-7-8-10-16-28(41-5)21-31(38)35-26-18-25(19-27(36)20-26)15-12-14-22(2)32(39)23(29)3/h7-11,14,16,18-20,23-24,28-29,32,36,39H,6,12-13,15,17,21H2,1-5H3,(H,34,37)(H,35,38)/t23-,24+,28-,29-,32-/m0/s1. The van der Waals surface area contributed by atoms with Gasteiger partial charge in [0.2, 0.25) is 11.8 Å². The third-order valence-corrected chi connectivity index (χ3v) is 7.04. The number of aliphatic hydroxyl groups excluding tert-OH is 1. The van der Waals surface area contributed by atoms with Gasteiger partial charge in [-0.25, -0.2) is 4.79 Å². The van der Waals surface area contributed by atoms with Gasteiger partial charge in [0, 0.05) is 37.6 Å². The topological polar surface area (TPSA) is 134 Å². The summed E-state index contributed by atoms with van der Waals surface area (Å²) in [4.78, 5) is 37.4. The molecule has 0 aromatic heterocycles. The van der Waals surface area contributed by atoms with Gasteiger partial charge in [0.1, 0.15) is 17.9 Å². The molecule has 0 radical (unpaired) electrons. The van der Waals surface area contributed by atoms with E-state index in [2.05, 4.69) is 10.6 Å². The van der Waals surface area contributed by atoms with Crippen LogP contribution in [-0.4, -0.2) is 59.5 Å². The molecule has 0 saturated heterocycles. The average Bonchev–Trinajstić information content (AvgIpc) is 2.93. The van der Waals surface area contributed by atoms with E-state index in [1.165, 1.54) is 13.2 Å². The summed E-state index contributed by atoms with van der Waals surface area (Å²) in [5.41, 5.74) is 2.04. The Morgan fingerprint density at radius 1 is 1.17 bits per heavy atom. The second kappa shape index (κ2) is 18.0. The third-order valence-electron chi connectivity index (χ3n) is 7.04. The number of fused-ring (bicyclic) bond motifs is 2. The van der Waals surface area contributed by atoms with Gasteiger partial charge in [-0.3, -0.25) is 9.59 Å². The van der Waals surface area contributed by atoms with E-state index in [0.29, 0.717) is 37.8 Å². The van der Waals surface area contributed by atoms with E-state index in [1.807, 2.05) is 45.1 Å². The lowest BCUT2D eigenvalue weighted by atomic mass is 9.90. The normalized spacial score (nSPS) is 23.2. The van der Waals surface area contributed by atoms with Gasteiger partial charge in [0.25, 0.3) is 0 Å². The summed E-state index contributed by atoms with van der Waals surface area (Å²) >= 11 is 0. The molecule has 0 unspecified atom stereocenters. The zero-order valence-electron chi connectivity index (χ0n) is 25.3. The number of carbonyl (C=O) groups is 3. The molecule has 9 nitrogen and oxygen atoms in total. The molecule has 1 heterocycles. The Balaban J connectivity index is 2.31. The SMILES string of the molecule is CCCC(=O)N[C@H](C)C(=O)O[C@H]1CC=CC=CC=C[C@H](OC)CC(=O)Nc2cc(O)cc(c2)CCC=C(C)[C@H](O)[C@H]1C. The van der Waals surface area contributed by atoms with Gasteiger partial charge in [-0.15, -0.1) is 0 Å². The fraction of sp³-hybridized carbons (Fsp3) is 0.485. The summed E-state index contributed by atoms with van der Waals surface area (Å²) in [6.07, 6.45) is 13.4. The Kier molecular flexibility index (Phi) is 14.8. The molecule has 0 fully saturated rings. The lowest BCUT2D eigenvalue weighted by molar-refractivity contribution is -0.156. The van der Waals surface area contributed by atoms with Gasteiger partial charge in [-0.1, -0.05) is 56.4 Å². The first-order valence-electron chi connectivity index (χ1n) is 14.5. The van der Waals surface area contributed by atoms with Crippen LogP contribution < -0.4 is 10.6 Å². The Labute approximate surface area is 249 Å². The van der Waals surface area contributed by atoms with Gasteiger partial charge < -0.3 is 30.3 Å². The Bertz CT molecular complexity index is 1170. The first kappa shape index (κ1) is 34.5. The van der Waals surface area contributed by atoms with Crippen LogP contribution >= 0.6 is 0 Å². The first-order valence-corrected chi connectivity index (χ1v) is 14.5. The largest absolute Gasteiger partial charge is 0.508 e. The lowest BCUT2D eigenvalue weighted by Gasteiger charge is -2.29. The van der Waals surface area contributed by atoms with Crippen molar-refractivity contribution in [3.8, 4) is 5.75 Å². The number of hydrogen-bond donors (Lipinski definition) is 4. The smallest absolute Gasteiger partial charge is 0.328 e. The van der Waals surface area contributed by atoms with Crippen molar-refractivity contribution in [2.75, 3.05) is 12.4 Å². The molecule has 230 valence electrons. The molecule has 1 aromatic rings. The highest BCUT2D eigenvalue weighted by atomic mass is 16.5. The number of esters is 1. The number of ether oxygens (including phenoxy) is 2. The fourth-order valence-electron chi connectivity index (χ4n) is 4.55. The molecule has 5 atom stereocenters. The lowest BCUT2D eigenvalue weighted by Crippen LogP contribution is -2.43. The minimum Gasteiger partial charge on any atom is -0.508 e. The number of anilines is 1. The summed E-state index contributed by atoms with van der Waals surface area (Å²) in [5.74, 6) is -1.41. The minimum absolute atomic E-state index is 0.0427. The number of amides is 2. The molecule has 2 amide bonds. The summed E-state index contributed by atoms with van der Waals surface area (Å²) in [6.45, 7) is 7.13. The number of benzene rings is 1. The van der Waals surface area contributed by atoms with E-state index in [1.54, 1.807) is 37.3 Å². The van der Waals surface area contributed by atoms with E-state index < -0.39 is 36.2 Å². The van der Waals surface area contributed by atoms with Crippen molar-refractivity contribution in [3.63, 3.8) is 0 Å². The Hall–Kier alpha value is -3.69. The first-order chi connectivity index (χ1) is 20.0. The van der Waals surface area contributed by atoms with Crippen LogP contribution in [0.3, 0.4) is 0 Å². The van der Waals surface area contributed by atoms with Crippen LogP contribution in [0.2, 0.25) is 0 Å². The summed E-state index contributed by atoms with van der Waals surface area (Å²) in [5, 5.41) is 26.9. The monoisotopic (exact) mass is 582 g/mol. The Morgan fingerprint density at radius 2 is 1.90 bits per heavy atom. The number of carbonyl (C=O) groups excluding carboxylic acids is 3. The number of hydrogen-bond acceptors (Lipinski definition) is 7. The van der Waals surface area contributed by atoms with Crippen LogP contribution in [0.4, 0.5) is 5.69 Å². The number of rotatable bonds is 6. The number of aliphatic hydroxyl groups is 1. The second-order valence-corrected chi connectivity index (χ2v) is 10.7. The van der Waals surface area contributed by atoms with Crippen molar-refractivity contribution >= 4 is 23.5 Å². The zero-order valence-corrected chi connectivity index (χ0v) is 25.3. The van der Waals surface area contributed by atoms with Crippen molar-refractivity contribution in [1.82, 2.24) is 5.32 Å². The molecule has 0 spiro atoms. The quantitative estimate of drug-likeness (QED) is 0.277. The molecule has 2 rings (SSSR count). The molecule has 0 saturated carbocycles. The predicted octanol–water partition coefficient (Wildman–Crippen LogP) is 4.90. The summed E-state index contributed by atoms with van der Waals surface area (Å²) in [6, 6.07) is 4.13. The third kappa shape index (κ3) is 12.0. The van der Waals surface area contributed by atoms with E-state index in [9.17, 15) is 24.6 Å². The Morgan fingerprint density at radius 3 is 2.62 bits per heavy atom. The highest BCUT2D eigenvalue weighted by Gasteiger charge is 2.29. The molecule has 9 heteroatoms. The van der Waals surface area contributed by atoms with Crippen molar-refractivity contribution in [3.05, 3.63) is 71.9 Å². The number of aromatic hydroxyl groups is 1. The fourth-order valence-corrected chi connectivity index (χ4v) is 4.55. The van der Waals surface area contributed by atoms with Crippen molar-refractivity contribution in [2.45, 2.75) is 90.6 Å².